The van der Waals surface area contributed by atoms with Crippen molar-refractivity contribution >= 4 is 17.6 Å². The van der Waals surface area contributed by atoms with E-state index in [1.807, 2.05) is 14.1 Å². The van der Waals surface area contributed by atoms with E-state index < -0.39 is 0 Å². The van der Waals surface area contributed by atoms with E-state index in [1.165, 1.54) is 23.9 Å². The van der Waals surface area contributed by atoms with Crippen LogP contribution >= 0.6 is 11.8 Å². The normalized spacial score (nSPS) is 9.93. The molecule has 0 aliphatic carbocycles. The van der Waals surface area contributed by atoms with Gasteiger partial charge in [-0.15, -0.1) is 11.8 Å². The molecule has 1 N–H and O–H groups in total. The minimum absolute atomic E-state index is 0.225. The summed E-state index contributed by atoms with van der Waals surface area (Å²) in [6.07, 6.45) is 0. The van der Waals surface area contributed by atoms with Gasteiger partial charge in [0.25, 0.3) is 0 Å². The van der Waals surface area contributed by atoms with Gasteiger partial charge in [-0.25, -0.2) is 4.39 Å². The summed E-state index contributed by atoms with van der Waals surface area (Å²) in [7, 11) is 3.68. The van der Waals surface area contributed by atoms with Crippen LogP contribution in [-0.2, 0) is 0 Å². The Morgan fingerprint density at radius 3 is 2.43 bits per heavy atom. The molecule has 0 saturated carbocycles. The number of nitrogens with zero attached hydrogens (tertiary/aromatic N) is 1. The average Bonchev–Trinajstić information content (AvgIpc) is 2.16. The third-order valence-electron chi connectivity index (χ3n) is 1.73. The van der Waals surface area contributed by atoms with Crippen LogP contribution in [0.15, 0.2) is 29.2 Å². The minimum Gasteiger partial charge on any atom is -0.366 e. The molecule has 0 bridgehead atoms. The second-order valence-corrected chi connectivity index (χ2v) is 4.13. The summed E-state index contributed by atoms with van der Waals surface area (Å²) in [5.74, 6) is 0.940. The molecule has 2 nitrogen and oxygen atoms in total. The predicted octanol–water partition coefficient (Wildman–Crippen LogP) is 2.46. The smallest absolute Gasteiger partial charge is 0.123 e. The molecule has 0 unspecified atom stereocenters. The van der Waals surface area contributed by atoms with Crippen LogP contribution in [-0.4, -0.2) is 30.6 Å². The van der Waals surface area contributed by atoms with Crippen molar-refractivity contribution in [3.8, 4) is 0 Å². The van der Waals surface area contributed by atoms with Gasteiger partial charge in [0.1, 0.15) is 11.7 Å². The second-order valence-electron chi connectivity index (χ2n) is 3.08. The van der Waals surface area contributed by atoms with Crippen LogP contribution in [0.5, 0.6) is 0 Å². The molecule has 76 valence electrons. The Kier molecular flexibility index (Phi) is 3.95. The quantitative estimate of drug-likeness (QED) is 0.473. The van der Waals surface area contributed by atoms with Gasteiger partial charge in [0.15, 0.2) is 0 Å². The summed E-state index contributed by atoms with van der Waals surface area (Å²) < 4.78 is 12.6. The summed E-state index contributed by atoms with van der Waals surface area (Å²) in [4.78, 5) is 2.74. The molecular weight excluding hydrogens is 199 g/mol. The lowest BCUT2D eigenvalue weighted by Gasteiger charge is -2.12. The Balaban J connectivity index is 2.46. The van der Waals surface area contributed by atoms with Crippen molar-refractivity contribution in [1.82, 2.24) is 4.90 Å². The van der Waals surface area contributed by atoms with Gasteiger partial charge in [-0.05, 0) is 24.3 Å². The van der Waals surface area contributed by atoms with E-state index in [1.54, 1.807) is 17.0 Å². The summed E-state index contributed by atoms with van der Waals surface area (Å²) in [6.45, 7) is 0. The molecule has 1 aromatic rings. The summed E-state index contributed by atoms with van der Waals surface area (Å²) >= 11 is 1.53. The van der Waals surface area contributed by atoms with Crippen molar-refractivity contribution in [2.45, 2.75) is 4.90 Å². The van der Waals surface area contributed by atoms with E-state index in [4.69, 9.17) is 5.41 Å². The van der Waals surface area contributed by atoms with E-state index >= 15 is 0 Å². The van der Waals surface area contributed by atoms with Gasteiger partial charge >= 0.3 is 0 Å². The fourth-order valence-corrected chi connectivity index (χ4v) is 1.70. The lowest BCUT2D eigenvalue weighted by molar-refractivity contribution is 0.615. The molecule has 0 heterocycles. The molecule has 0 saturated heterocycles. The van der Waals surface area contributed by atoms with Gasteiger partial charge in [-0.2, -0.15) is 0 Å². The van der Waals surface area contributed by atoms with E-state index in [0.717, 1.165) is 4.90 Å². The highest BCUT2D eigenvalue weighted by atomic mass is 32.2. The Labute approximate surface area is 87.6 Å². The number of halogens is 1. The van der Waals surface area contributed by atoms with Crippen LogP contribution in [0.1, 0.15) is 0 Å². The summed E-state index contributed by atoms with van der Waals surface area (Å²) in [5.41, 5.74) is 0. The van der Waals surface area contributed by atoms with Crippen molar-refractivity contribution in [2.24, 2.45) is 0 Å². The summed E-state index contributed by atoms with van der Waals surface area (Å²) in [5, 5.41) is 7.57. The molecule has 0 fully saturated rings. The van der Waals surface area contributed by atoms with E-state index in [0.29, 0.717) is 11.6 Å². The first-order chi connectivity index (χ1) is 6.59. The highest BCUT2D eigenvalue weighted by Crippen LogP contribution is 2.18. The number of amidine groups is 1. The van der Waals surface area contributed by atoms with E-state index in [-0.39, 0.29) is 5.82 Å². The standard InChI is InChI=1S/C10H13FN2S/c1-13(2)10(12)7-14-9-5-3-8(11)4-6-9/h3-6,12H,7H2,1-2H3. The molecule has 0 aliphatic rings. The van der Waals surface area contributed by atoms with Crippen molar-refractivity contribution in [2.75, 3.05) is 19.8 Å². The highest BCUT2D eigenvalue weighted by Gasteiger charge is 2.00. The van der Waals surface area contributed by atoms with Crippen LogP contribution in [0.3, 0.4) is 0 Å². The lowest BCUT2D eigenvalue weighted by atomic mass is 10.4. The third kappa shape index (κ3) is 3.38. The Morgan fingerprint density at radius 2 is 1.93 bits per heavy atom. The first-order valence-electron chi connectivity index (χ1n) is 4.22. The maximum Gasteiger partial charge on any atom is 0.123 e. The fraction of sp³-hybridized carbons (Fsp3) is 0.300. The number of nitrogens with one attached hydrogen (secondary N) is 1. The van der Waals surface area contributed by atoms with Crippen LogP contribution in [0.25, 0.3) is 0 Å². The van der Waals surface area contributed by atoms with Gasteiger partial charge in [0.2, 0.25) is 0 Å². The van der Waals surface area contributed by atoms with Crippen LogP contribution < -0.4 is 0 Å². The van der Waals surface area contributed by atoms with Crippen molar-refractivity contribution < 1.29 is 4.39 Å². The molecule has 0 spiro atoms. The molecule has 14 heavy (non-hydrogen) atoms. The van der Waals surface area contributed by atoms with Crippen molar-refractivity contribution in [1.29, 1.82) is 5.41 Å². The lowest BCUT2D eigenvalue weighted by Crippen LogP contribution is -2.22. The zero-order valence-electron chi connectivity index (χ0n) is 8.25. The molecular formula is C10H13FN2S. The van der Waals surface area contributed by atoms with E-state index in [9.17, 15) is 4.39 Å². The van der Waals surface area contributed by atoms with Crippen LogP contribution in [0.2, 0.25) is 0 Å². The average molecular weight is 212 g/mol. The zero-order valence-corrected chi connectivity index (χ0v) is 9.07. The van der Waals surface area contributed by atoms with Crippen molar-refractivity contribution in [3.63, 3.8) is 0 Å². The first kappa shape index (κ1) is 11.0. The highest BCUT2D eigenvalue weighted by molar-refractivity contribution is 8.00. The molecule has 0 aromatic heterocycles. The topological polar surface area (TPSA) is 27.1 Å². The van der Waals surface area contributed by atoms with Gasteiger partial charge < -0.3 is 4.90 Å². The Morgan fingerprint density at radius 1 is 1.36 bits per heavy atom. The number of thioether (sulfide) groups is 1. The molecule has 1 rings (SSSR count). The Bertz CT molecular complexity index is 308. The number of benzene rings is 1. The summed E-state index contributed by atoms with van der Waals surface area (Å²) in [6, 6.07) is 6.31. The largest absolute Gasteiger partial charge is 0.366 e. The minimum atomic E-state index is -0.225. The second kappa shape index (κ2) is 5.00. The van der Waals surface area contributed by atoms with Gasteiger partial charge in [0, 0.05) is 19.0 Å². The monoisotopic (exact) mass is 212 g/mol. The zero-order chi connectivity index (χ0) is 10.6. The van der Waals surface area contributed by atoms with Crippen molar-refractivity contribution in [3.05, 3.63) is 30.1 Å². The van der Waals surface area contributed by atoms with Gasteiger partial charge in [-0.3, -0.25) is 5.41 Å². The number of hydrogen-bond donors (Lipinski definition) is 1. The van der Waals surface area contributed by atoms with E-state index in [2.05, 4.69) is 0 Å². The SMILES string of the molecule is CN(C)C(=N)CSc1ccc(F)cc1. The number of hydrogen-bond acceptors (Lipinski definition) is 2. The third-order valence-corrected chi connectivity index (χ3v) is 2.75. The molecule has 0 amide bonds. The fourth-order valence-electron chi connectivity index (χ4n) is 0.812. The Hall–Kier alpha value is -1.03. The molecule has 0 aliphatic heterocycles. The number of rotatable bonds is 3. The maximum absolute atomic E-state index is 12.6. The predicted molar refractivity (Wildman–Crippen MR) is 58.5 cm³/mol. The first-order valence-corrected chi connectivity index (χ1v) is 5.21. The van der Waals surface area contributed by atoms with Gasteiger partial charge in [-0.1, -0.05) is 0 Å². The maximum atomic E-state index is 12.6. The van der Waals surface area contributed by atoms with Crippen LogP contribution in [0.4, 0.5) is 4.39 Å². The molecule has 4 heteroatoms. The van der Waals surface area contributed by atoms with Crippen LogP contribution in [0, 0.1) is 11.2 Å². The molecule has 0 atom stereocenters. The molecule has 0 radical (unpaired) electrons. The van der Waals surface area contributed by atoms with Gasteiger partial charge in [0.05, 0.1) is 5.75 Å². The molecule has 1 aromatic carbocycles.